The number of rotatable bonds is 4. The molecule has 0 aliphatic heterocycles. The van der Waals surface area contributed by atoms with E-state index in [1.54, 1.807) is 31.2 Å². The molecule has 0 aliphatic rings. The van der Waals surface area contributed by atoms with Gasteiger partial charge in [0.15, 0.2) is 4.88 Å². The van der Waals surface area contributed by atoms with Crippen LogP contribution in [0, 0.1) is 0 Å². The van der Waals surface area contributed by atoms with Gasteiger partial charge in [-0.05, 0) is 30.6 Å². The summed E-state index contributed by atoms with van der Waals surface area (Å²) < 4.78 is 9.23. The van der Waals surface area contributed by atoms with E-state index in [0.29, 0.717) is 16.4 Å². The summed E-state index contributed by atoms with van der Waals surface area (Å²) in [6.45, 7) is 3.35. The molecule has 1 aromatic carbocycles. The van der Waals surface area contributed by atoms with Crippen molar-refractivity contribution in [3.05, 3.63) is 34.2 Å². The van der Waals surface area contributed by atoms with Crippen LogP contribution in [0.1, 0.15) is 23.5 Å². The Balaban J connectivity index is 2.48. The van der Waals surface area contributed by atoms with E-state index >= 15 is 0 Å². The quantitative estimate of drug-likeness (QED) is 0.872. The topological polar surface area (TPSA) is 68.3 Å². The van der Waals surface area contributed by atoms with Gasteiger partial charge in [0.1, 0.15) is 5.69 Å². The van der Waals surface area contributed by atoms with E-state index in [1.165, 1.54) is 6.92 Å². The van der Waals surface area contributed by atoms with E-state index in [9.17, 15) is 9.59 Å². The van der Waals surface area contributed by atoms with Gasteiger partial charge in [-0.15, -0.1) is 0 Å². The zero-order valence-corrected chi connectivity index (χ0v) is 13.0. The highest BCUT2D eigenvalue weighted by molar-refractivity contribution is 7.09. The summed E-state index contributed by atoms with van der Waals surface area (Å²) in [6.07, 6.45) is 0. The Morgan fingerprint density at radius 3 is 2.57 bits per heavy atom. The molecule has 5 nitrogen and oxygen atoms in total. The smallest absolute Gasteiger partial charge is 0.352 e. The lowest BCUT2D eigenvalue weighted by Gasteiger charge is -2.06. The highest BCUT2D eigenvalue weighted by Gasteiger charge is 2.22. The maximum Gasteiger partial charge on any atom is 0.352 e. The number of amides is 1. The molecule has 1 heterocycles. The number of carbonyl (C=O) groups excluding carboxylic acids is 2. The molecule has 0 bridgehead atoms. The Morgan fingerprint density at radius 2 is 2.00 bits per heavy atom. The number of halogens is 1. The monoisotopic (exact) mass is 324 g/mol. The van der Waals surface area contributed by atoms with Crippen LogP contribution >= 0.6 is 23.1 Å². The number of hydrogen-bond acceptors (Lipinski definition) is 5. The summed E-state index contributed by atoms with van der Waals surface area (Å²) in [5.74, 6) is -0.782. The third kappa shape index (κ3) is 3.59. The molecule has 0 saturated carbocycles. The van der Waals surface area contributed by atoms with Crippen molar-refractivity contribution in [2.24, 2.45) is 0 Å². The van der Waals surface area contributed by atoms with E-state index < -0.39 is 5.97 Å². The summed E-state index contributed by atoms with van der Waals surface area (Å²) in [6, 6.07) is 6.99. The van der Waals surface area contributed by atoms with Gasteiger partial charge < -0.3 is 10.1 Å². The lowest BCUT2D eigenvalue weighted by atomic mass is 10.1. The SMILES string of the molecule is CCOC(=O)c1snc(-c2ccc(Cl)cc2)c1NC(C)=O. The maximum atomic E-state index is 11.9. The fourth-order valence-corrected chi connectivity index (χ4v) is 2.60. The Morgan fingerprint density at radius 1 is 1.33 bits per heavy atom. The van der Waals surface area contributed by atoms with Crippen LogP contribution in [0.5, 0.6) is 0 Å². The maximum absolute atomic E-state index is 11.9. The number of carbonyl (C=O) groups is 2. The number of esters is 1. The molecular weight excluding hydrogens is 312 g/mol. The molecular formula is C14H13ClN2O3S. The van der Waals surface area contributed by atoms with Gasteiger partial charge in [0.05, 0.1) is 12.3 Å². The predicted octanol–water partition coefficient (Wildman–Crippen LogP) is 3.60. The molecule has 0 atom stereocenters. The lowest BCUT2D eigenvalue weighted by molar-refractivity contribution is -0.114. The Bertz CT molecular complexity index is 667. The molecule has 0 saturated heterocycles. The average molecular weight is 325 g/mol. The number of nitrogens with zero attached hydrogens (tertiary/aromatic N) is 1. The van der Waals surface area contributed by atoms with Gasteiger partial charge in [0, 0.05) is 17.5 Å². The van der Waals surface area contributed by atoms with Crippen molar-refractivity contribution in [1.29, 1.82) is 0 Å². The van der Waals surface area contributed by atoms with Crippen LogP contribution in [0.2, 0.25) is 5.02 Å². The summed E-state index contributed by atoms with van der Waals surface area (Å²) in [7, 11) is 0. The van der Waals surface area contributed by atoms with Crippen molar-refractivity contribution < 1.29 is 14.3 Å². The number of anilines is 1. The molecule has 110 valence electrons. The van der Waals surface area contributed by atoms with Crippen molar-refractivity contribution in [2.45, 2.75) is 13.8 Å². The zero-order valence-electron chi connectivity index (χ0n) is 11.5. The Labute approximate surface area is 131 Å². The van der Waals surface area contributed by atoms with Gasteiger partial charge in [-0.2, -0.15) is 4.37 Å². The zero-order chi connectivity index (χ0) is 15.4. The van der Waals surface area contributed by atoms with Crippen LogP contribution in [0.25, 0.3) is 11.3 Å². The number of benzene rings is 1. The summed E-state index contributed by atoms with van der Waals surface area (Å²) in [5.41, 5.74) is 1.65. The molecule has 1 N–H and O–H groups in total. The van der Waals surface area contributed by atoms with Gasteiger partial charge in [-0.1, -0.05) is 23.7 Å². The number of ether oxygens (including phenoxy) is 1. The molecule has 0 radical (unpaired) electrons. The second-order valence-electron chi connectivity index (χ2n) is 4.14. The van der Waals surface area contributed by atoms with Crippen LogP contribution in [0.4, 0.5) is 5.69 Å². The predicted molar refractivity (Wildman–Crippen MR) is 82.8 cm³/mol. The van der Waals surface area contributed by atoms with Gasteiger partial charge in [-0.3, -0.25) is 4.79 Å². The largest absolute Gasteiger partial charge is 0.462 e. The molecule has 0 aliphatic carbocycles. The van der Waals surface area contributed by atoms with E-state index in [4.69, 9.17) is 16.3 Å². The van der Waals surface area contributed by atoms with Crippen LogP contribution in [0.3, 0.4) is 0 Å². The van der Waals surface area contributed by atoms with Crippen LogP contribution < -0.4 is 5.32 Å². The van der Waals surface area contributed by atoms with Crippen LogP contribution in [0.15, 0.2) is 24.3 Å². The molecule has 0 fully saturated rings. The normalized spacial score (nSPS) is 10.2. The second-order valence-corrected chi connectivity index (χ2v) is 5.35. The molecule has 0 spiro atoms. The van der Waals surface area contributed by atoms with Gasteiger partial charge in [0.2, 0.25) is 5.91 Å². The van der Waals surface area contributed by atoms with Crippen molar-refractivity contribution >= 4 is 40.7 Å². The van der Waals surface area contributed by atoms with Crippen molar-refractivity contribution in [2.75, 3.05) is 11.9 Å². The minimum Gasteiger partial charge on any atom is -0.462 e. The molecule has 2 rings (SSSR count). The first kappa shape index (κ1) is 15.5. The molecule has 21 heavy (non-hydrogen) atoms. The highest BCUT2D eigenvalue weighted by Crippen LogP contribution is 2.34. The first-order valence-electron chi connectivity index (χ1n) is 6.23. The molecule has 2 aromatic rings. The van der Waals surface area contributed by atoms with Gasteiger partial charge >= 0.3 is 5.97 Å². The Kier molecular flexibility index (Phi) is 4.93. The van der Waals surface area contributed by atoms with E-state index in [0.717, 1.165) is 17.1 Å². The van der Waals surface area contributed by atoms with E-state index in [-0.39, 0.29) is 17.4 Å². The Hall–Kier alpha value is -1.92. The van der Waals surface area contributed by atoms with Crippen molar-refractivity contribution in [1.82, 2.24) is 4.37 Å². The highest BCUT2D eigenvalue weighted by atomic mass is 35.5. The first-order chi connectivity index (χ1) is 10.0. The fourth-order valence-electron chi connectivity index (χ4n) is 1.72. The van der Waals surface area contributed by atoms with E-state index in [2.05, 4.69) is 9.69 Å². The third-order valence-electron chi connectivity index (χ3n) is 2.57. The summed E-state index contributed by atoms with van der Waals surface area (Å²) >= 11 is 6.85. The molecule has 1 aromatic heterocycles. The second kappa shape index (κ2) is 6.69. The van der Waals surface area contributed by atoms with Gasteiger partial charge in [-0.25, -0.2) is 4.79 Å². The van der Waals surface area contributed by atoms with Crippen molar-refractivity contribution in [3.63, 3.8) is 0 Å². The summed E-state index contributed by atoms with van der Waals surface area (Å²) in [4.78, 5) is 23.6. The van der Waals surface area contributed by atoms with Crippen molar-refractivity contribution in [3.8, 4) is 11.3 Å². The number of nitrogens with one attached hydrogen (secondary N) is 1. The summed E-state index contributed by atoms with van der Waals surface area (Å²) in [5, 5.41) is 3.25. The first-order valence-corrected chi connectivity index (χ1v) is 7.38. The molecule has 7 heteroatoms. The number of aromatic nitrogens is 1. The van der Waals surface area contributed by atoms with Crippen LogP contribution in [-0.2, 0) is 9.53 Å². The standard InChI is InChI=1S/C14H13ClN2O3S/c1-3-20-14(19)13-12(16-8(2)18)11(17-21-13)9-4-6-10(15)7-5-9/h4-7H,3H2,1-2H3,(H,16,18). The minimum atomic E-state index is -0.501. The number of hydrogen-bond donors (Lipinski definition) is 1. The fraction of sp³-hybridized carbons (Fsp3) is 0.214. The van der Waals surface area contributed by atoms with Gasteiger partial charge in [0.25, 0.3) is 0 Å². The lowest BCUT2D eigenvalue weighted by Crippen LogP contribution is -2.11. The minimum absolute atomic E-state index is 0.256. The van der Waals surface area contributed by atoms with E-state index in [1.807, 2.05) is 0 Å². The average Bonchev–Trinajstić information content (AvgIpc) is 2.83. The molecule has 1 amide bonds. The third-order valence-corrected chi connectivity index (χ3v) is 3.65. The van der Waals surface area contributed by atoms with Crippen LogP contribution in [-0.4, -0.2) is 22.9 Å². The molecule has 0 unspecified atom stereocenters.